The Hall–Kier alpha value is -2.66. The van der Waals surface area contributed by atoms with Crippen LogP contribution in [0.3, 0.4) is 0 Å². The minimum atomic E-state index is -3.53. The number of thiazole rings is 1. The number of likely N-dealkylation sites (N-methyl/N-ethyl adjacent to an activating group) is 1. The van der Waals surface area contributed by atoms with Crippen molar-refractivity contribution in [1.29, 1.82) is 0 Å². The Labute approximate surface area is 192 Å². The summed E-state index contributed by atoms with van der Waals surface area (Å²) in [6.07, 6.45) is 3.58. The molecule has 0 atom stereocenters. The van der Waals surface area contributed by atoms with E-state index in [9.17, 15) is 13.2 Å². The summed E-state index contributed by atoms with van der Waals surface area (Å²) in [5, 5.41) is 5.48. The van der Waals surface area contributed by atoms with Crippen LogP contribution in [-0.2, 0) is 21.2 Å². The van der Waals surface area contributed by atoms with E-state index in [1.807, 2.05) is 17.5 Å². The second-order valence-corrected chi connectivity index (χ2v) is 10.3. The maximum Gasteiger partial charge on any atom is 0.243 e. The Bertz CT molecular complexity index is 1160. The van der Waals surface area contributed by atoms with Gasteiger partial charge in [-0.15, -0.1) is 11.3 Å². The van der Waals surface area contributed by atoms with Gasteiger partial charge in [0.05, 0.1) is 17.0 Å². The number of carbonyl (C=O) groups excluding carboxylic acids is 1. The van der Waals surface area contributed by atoms with Crippen LogP contribution in [0.1, 0.15) is 12.6 Å². The molecule has 0 spiro atoms. The second kappa shape index (κ2) is 9.86. The van der Waals surface area contributed by atoms with Gasteiger partial charge in [-0.05, 0) is 42.9 Å². The molecule has 0 unspecified atom stereocenters. The molecule has 0 bridgehead atoms. The van der Waals surface area contributed by atoms with Gasteiger partial charge in [-0.1, -0.05) is 6.92 Å². The van der Waals surface area contributed by atoms with Crippen molar-refractivity contribution in [1.82, 2.24) is 19.2 Å². The molecule has 1 aromatic carbocycles. The topological polar surface area (TPSA) is 95.5 Å². The number of anilines is 1. The average Bonchev–Trinajstić information content (AvgIpc) is 3.28. The van der Waals surface area contributed by atoms with Gasteiger partial charge in [-0.2, -0.15) is 4.31 Å². The molecule has 4 rings (SSSR count). The molecule has 1 aliphatic rings. The third-order valence-electron chi connectivity index (χ3n) is 5.36. The standard InChI is InChI=1S/C22H25N5O3S2/c1-2-26-10-12-27(13-11-26)32(29,30)20-7-5-18(6-8-20)24-21(28)14-19-16-31-22(25-19)17-4-3-9-23-15-17/h3-9,15-16H,2,10-14H2,1H3,(H,24,28). The van der Waals surface area contributed by atoms with Crippen molar-refractivity contribution in [3.63, 3.8) is 0 Å². The predicted molar refractivity (Wildman–Crippen MR) is 125 cm³/mol. The molecule has 1 aliphatic heterocycles. The number of hydrogen-bond acceptors (Lipinski definition) is 7. The highest BCUT2D eigenvalue weighted by molar-refractivity contribution is 7.89. The Balaban J connectivity index is 1.35. The number of sulfonamides is 1. The minimum Gasteiger partial charge on any atom is -0.326 e. The highest BCUT2D eigenvalue weighted by Crippen LogP contribution is 2.23. The summed E-state index contributed by atoms with van der Waals surface area (Å²) in [5.41, 5.74) is 2.14. The van der Waals surface area contributed by atoms with Gasteiger partial charge in [0.1, 0.15) is 5.01 Å². The predicted octanol–water partition coefficient (Wildman–Crippen LogP) is 2.71. The first-order valence-corrected chi connectivity index (χ1v) is 12.7. The van der Waals surface area contributed by atoms with Gasteiger partial charge in [0.2, 0.25) is 15.9 Å². The zero-order chi connectivity index (χ0) is 22.6. The second-order valence-electron chi connectivity index (χ2n) is 7.47. The quantitative estimate of drug-likeness (QED) is 0.569. The van der Waals surface area contributed by atoms with Crippen molar-refractivity contribution in [2.45, 2.75) is 18.2 Å². The van der Waals surface area contributed by atoms with E-state index in [0.717, 1.165) is 30.2 Å². The number of nitrogens with one attached hydrogen (secondary N) is 1. The molecule has 32 heavy (non-hydrogen) atoms. The zero-order valence-corrected chi connectivity index (χ0v) is 19.4. The molecule has 168 valence electrons. The molecule has 1 saturated heterocycles. The zero-order valence-electron chi connectivity index (χ0n) is 17.8. The highest BCUT2D eigenvalue weighted by atomic mass is 32.2. The van der Waals surface area contributed by atoms with Crippen LogP contribution in [0, 0.1) is 0 Å². The fourth-order valence-electron chi connectivity index (χ4n) is 3.53. The van der Waals surface area contributed by atoms with Gasteiger partial charge in [0.25, 0.3) is 0 Å². The van der Waals surface area contributed by atoms with E-state index in [1.165, 1.54) is 15.6 Å². The molecule has 1 fully saturated rings. The molecule has 8 nitrogen and oxygen atoms in total. The molecule has 0 radical (unpaired) electrons. The lowest BCUT2D eigenvalue weighted by Crippen LogP contribution is -2.48. The van der Waals surface area contributed by atoms with Crippen molar-refractivity contribution < 1.29 is 13.2 Å². The highest BCUT2D eigenvalue weighted by Gasteiger charge is 2.27. The third kappa shape index (κ3) is 5.21. The van der Waals surface area contributed by atoms with E-state index in [0.29, 0.717) is 24.5 Å². The lowest BCUT2D eigenvalue weighted by Gasteiger charge is -2.33. The van der Waals surface area contributed by atoms with E-state index in [2.05, 4.69) is 27.1 Å². The number of nitrogens with zero attached hydrogens (tertiary/aromatic N) is 4. The number of piperazine rings is 1. The van der Waals surface area contributed by atoms with Gasteiger partial charge >= 0.3 is 0 Å². The van der Waals surface area contributed by atoms with Crippen LogP contribution in [0.2, 0.25) is 0 Å². The van der Waals surface area contributed by atoms with Crippen molar-refractivity contribution in [2.24, 2.45) is 0 Å². The molecule has 2 aromatic heterocycles. The van der Waals surface area contributed by atoms with Gasteiger partial charge in [-0.3, -0.25) is 9.78 Å². The number of benzene rings is 1. The summed E-state index contributed by atoms with van der Waals surface area (Å²) >= 11 is 1.47. The van der Waals surface area contributed by atoms with E-state index in [1.54, 1.807) is 36.7 Å². The van der Waals surface area contributed by atoms with Crippen LogP contribution < -0.4 is 5.32 Å². The maximum absolute atomic E-state index is 12.9. The Morgan fingerprint density at radius 1 is 1.12 bits per heavy atom. The maximum atomic E-state index is 12.9. The molecule has 0 saturated carbocycles. The molecule has 3 heterocycles. The minimum absolute atomic E-state index is 0.137. The third-order valence-corrected chi connectivity index (χ3v) is 8.21. The monoisotopic (exact) mass is 471 g/mol. The van der Waals surface area contributed by atoms with E-state index < -0.39 is 10.0 Å². The van der Waals surface area contributed by atoms with Crippen molar-refractivity contribution in [3.05, 3.63) is 59.9 Å². The molecule has 1 N–H and O–H groups in total. The summed E-state index contributed by atoms with van der Waals surface area (Å²) in [6.45, 7) is 5.46. The molecule has 10 heteroatoms. The first-order chi connectivity index (χ1) is 15.5. The number of pyridine rings is 1. The summed E-state index contributed by atoms with van der Waals surface area (Å²) in [6, 6.07) is 10.1. The lowest BCUT2D eigenvalue weighted by atomic mass is 10.2. The van der Waals surface area contributed by atoms with Crippen molar-refractivity contribution in [2.75, 3.05) is 38.0 Å². The normalized spacial score (nSPS) is 15.5. The molecular formula is C22H25N5O3S2. The first-order valence-electron chi connectivity index (χ1n) is 10.4. The summed E-state index contributed by atoms with van der Waals surface area (Å²) < 4.78 is 27.3. The van der Waals surface area contributed by atoms with E-state index in [4.69, 9.17) is 0 Å². The number of rotatable bonds is 7. The number of hydrogen-bond donors (Lipinski definition) is 1. The largest absolute Gasteiger partial charge is 0.326 e. The number of carbonyl (C=O) groups is 1. The summed E-state index contributed by atoms with van der Waals surface area (Å²) in [4.78, 5) is 23.5. The summed E-state index contributed by atoms with van der Waals surface area (Å²) in [7, 11) is -3.53. The molecule has 0 aliphatic carbocycles. The van der Waals surface area contributed by atoms with Gasteiger partial charge in [0, 0.05) is 55.2 Å². The molecule has 3 aromatic rings. The SMILES string of the molecule is CCN1CCN(S(=O)(=O)c2ccc(NC(=O)Cc3csc(-c4cccnc4)n3)cc2)CC1. The van der Waals surface area contributed by atoms with Crippen LogP contribution in [0.25, 0.3) is 10.6 Å². The van der Waals surface area contributed by atoms with Crippen LogP contribution >= 0.6 is 11.3 Å². The molecule has 1 amide bonds. The number of amides is 1. The molecular weight excluding hydrogens is 446 g/mol. The van der Waals surface area contributed by atoms with Gasteiger partial charge < -0.3 is 10.2 Å². The van der Waals surface area contributed by atoms with Crippen LogP contribution in [0.15, 0.2) is 59.1 Å². The van der Waals surface area contributed by atoms with Crippen LogP contribution in [-0.4, -0.2) is 66.2 Å². The van der Waals surface area contributed by atoms with Crippen molar-refractivity contribution >= 4 is 33.0 Å². The van der Waals surface area contributed by atoms with Gasteiger partial charge in [-0.25, -0.2) is 13.4 Å². The Kier molecular flexibility index (Phi) is 6.95. The van der Waals surface area contributed by atoms with Crippen LogP contribution in [0.4, 0.5) is 5.69 Å². The van der Waals surface area contributed by atoms with Crippen LogP contribution in [0.5, 0.6) is 0 Å². The van der Waals surface area contributed by atoms with E-state index in [-0.39, 0.29) is 17.2 Å². The Morgan fingerprint density at radius 3 is 2.53 bits per heavy atom. The number of aromatic nitrogens is 2. The van der Waals surface area contributed by atoms with E-state index >= 15 is 0 Å². The van der Waals surface area contributed by atoms with Gasteiger partial charge in [0.15, 0.2) is 0 Å². The lowest BCUT2D eigenvalue weighted by molar-refractivity contribution is -0.115. The Morgan fingerprint density at radius 2 is 1.88 bits per heavy atom. The smallest absolute Gasteiger partial charge is 0.243 e. The fraction of sp³-hybridized carbons (Fsp3) is 0.318. The first kappa shape index (κ1) is 22.5. The average molecular weight is 472 g/mol. The fourth-order valence-corrected chi connectivity index (χ4v) is 5.76. The summed E-state index contributed by atoms with van der Waals surface area (Å²) in [5.74, 6) is -0.209. The van der Waals surface area contributed by atoms with Crippen molar-refractivity contribution in [3.8, 4) is 10.6 Å².